The van der Waals surface area contributed by atoms with Gasteiger partial charge in [0.25, 0.3) is 0 Å². The van der Waals surface area contributed by atoms with Crippen molar-refractivity contribution in [3.63, 3.8) is 0 Å². The number of hydrogen-bond acceptors (Lipinski definition) is 4. The van der Waals surface area contributed by atoms with Gasteiger partial charge in [0.2, 0.25) is 0 Å². The van der Waals surface area contributed by atoms with Crippen LogP contribution in [0.3, 0.4) is 0 Å². The van der Waals surface area contributed by atoms with Crippen LogP contribution in [-0.4, -0.2) is 57.2 Å². The Morgan fingerprint density at radius 2 is 1.42 bits per heavy atom. The van der Waals surface area contributed by atoms with Crippen molar-refractivity contribution >= 4 is 6.29 Å². The van der Waals surface area contributed by atoms with E-state index in [9.17, 15) is 4.79 Å². The quantitative estimate of drug-likeness (QED) is 0.381. The van der Waals surface area contributed by atoms with Crippen LogP contribution >= 0.6 is 0 Å². The maximum Gasteiger partial charge on any atom is 0.127 e. The highest BCUT2D eigenvalue weighted by Gasteiger charge is 2.28. The molecule has 4 nitrogen and oxygen atoms in total. The Balaban J connectivity index is 4.39. The van der Waals surface area contributed by atoms with Crippen LogP contribution in [0.4, 0.5) is 0 Å². The number of aldehydes is 1. The molecule has 19 heavy (non-hydrogen) atoms. The molecule has 0 aliphatic heterocycles. The van der Waals surface area contributed by atoms with Gasteiger partial charge in [-0.3, -0.25) is 4.90 Å². The maximum absolute atomic E-state index is 11.4. The molecule has 0 rings (SSSR count). The number of nitrogens with zero attached hydrogens (tertiary/aromatic N) is 1. The average molecular weight is 273 g/mol. The summed E-state index contributed by atoms with van der Waals surface area (Å²) in [6.07, 6.45) is 2.89. The summed E-state index contributed by atoms with van der Waals surface area (Å²) in [7, 11) is 0. The molecule has 0 N–H and O–H groups in total. The van der Waals surface area contributed by atoms with Gasteiger partial charge in [-0.25, -0.2) is 0 Å². The molecule has 0 aliphatic carbocycles. The standard InChI is InChI=1S/C15H31NO3/c1-5-15(6-2,14-17)13-16(9-11-18-7-3)10-12-19-8-4/h14H,5-13H2,1-4H3. The summed E-state index contributed by atoms with van der Waals surface area (Å²) in [4.78, 5) is 13.7. The summed E-state index contributed by atoms with van der Waals surface area (Å²) in [5.74, 6) is 0. The Bertz CT molecular complexity index is 207. The van der Waals surface area contributed by atoms with E-state index in [2.05, 4.69) is 18.7 Å². The van der Waals surface area contributed by atoms with E-state index < -0.39 is 0 Å². The first-order valence-corrected chi connectivity index (χ1v) is 7.52. The second-order valence-electron chi connectivity index (χ2n) is 4.86. The lowest BCUT2D eigenvalue weighted by atomic mass is 9.83. The molecule has 0 bridgehead atoms. The van der Waals surface area contributed by atoms with Crippen LogP contribution in [0.15, 0.2) is 0 Å². The zero-order valence-corrected chi connectivity index (χ0v) is 13.1. The highest BCUT2D eigenvalue weighted by Crippen LogP contribution is 2.24. The highest BCUT2D eigenvalue weighted by atomic mass is 16.5. The smallest absolute Gasteiger partial charge is 0.127 e. The molecule has 0 radical (unpaired) electrons. The largest absolute Gasteiger partial charge is 0.380 e. The van der Waals surface area contributed by atoms with Crippen LogP contribution in [0, 0.1) is 5.41 Å². The first-order valence-electron chi connectivity index (χ1n) is 7.52. The number of carbonyl (C=O) groups excluding carboxylic acids is 1. The number of ether oxygens (including phenoxy) is 2. The van der Waals surface area contributed by atoms with Crippen molar-refractivity contribution in [1.82, 2.24) is 4.90 Å². The van der Waals surface area contributed by atoms with Crippen molar-refractivity contribution in [1.29, 1.82) is 0 Å². The predicted molar refractivity (Wildman–Crippen MR) is 78.5 cm³/mol. The molecule has 0 fully saturated rings. The molecule has 0 aromatic heterocycles. The zero-order valence-electron chi connectivity index (χ0n) is 13.1. The van der Waals surface area contributed by atoms with Crippen LogP contribution in [-0.2, 0) is 14.3 Å². The van der Waals surface area contributed by atoms with E-state index in [1.54, 1.807) is 0 Å². The second-order valence-corrected chi connectivity index (χ2v) is 4.86. The first-order chi connectivity index (χ1) is 9.17. The molecule has 0 amide bonds. The molecule has 0 heterocycles. The van der Waals surface area contributed by atoms with Crippen LogP contribution in [0.25, 0.3) is 0 Å². The topological polar surface area (TPSA) is 38.8 Å². The normalized spacial score (nSPS) is 12.1. The third-order valence-electron chi connectivity index (χ3n) is 3.71. The van der Waals surface area contributed by atoms with Gasteiger partial charge < -0.3 is 14.3 Å². The van der Waals surface area contributed by atoms with Crippen molar-refractivity contribution in [2.45, 2.75) is 40.5 Å². The van der Waals surface area contributed by atoms with Crippen molar-refractivity contribution in [2.75, 3.05) is 46.1 Å². The lowest BCUT2D eigenvalue weighted by Crippen LogP contribution is -2.41. The third kappa shape index (κ3) is 7.65. The van der Waals surface area contributed by atoms with E-state index in [0.29, 0.717) is 13.2 Å². The van der Waals surface area contributed by atoms with Gasteiger partial charge in [-0.1, -0.05) is 13.8 Å². The summed E-state index contributed by atoms with van der Waals surface area (Å²) in [6.45, 7) is 13.6. The SMILES string of the molecule is CCOCCN(CCOCC)CC(C=O)(CC)CC. The van der Waals surface area contributed by atoms with Crippen LogP contribution in [0.5, 0.6) is 0 Å². The summed E-state index contributed by atoms with van der Waals surface area (Å²) < 4.78 is 10.8. The Morgan fingerprint density at radius 1 is 0.947 bits per heavy atom. The van der Waals surface area contributed by atoms with Crippen LogP contribution in [0.1, 0.15) is 40.5 Å². The molecule has 0 spiro atoms. The van der Waals surface area contributed by atoms with Crippen molar-refractivity contribution < 1.29 is 14.3 Å². The molecule has 0 saturated heterocycles. The summed E-state index contributed by atoms with van der Waals surface area (Å²) in [5.41, 5.74) is -0.224. The molecule has 0 aliphatic rings. The second kappa shape index (κ2) is 11.4. The van der Waals surface area contributed by atoms with Gasteiger partial charge in [-0.05, 0) is 26.7 Å². The monoisotopic (exact) mass is 273 g/mol. The van der Waals surface area contributed by atoms with Crippen molar-refractivity contribution in [3.05, 3.63) is 0 Å². The molecule has 0 aromatic rings. The summed E-state index contributed by atoms with van der Waals surface area (Å²) >= 11 is 0. The molecule has 0 aromatic carbocycles. The number of hydrogen-bond donors (Lipinski definition) is 0. The number of rotatable bonds is 13. The molecule has 114 valence electrons. The fourth-order valence-corrected chi connectivity index (χ4v) is 2.07. The van der Waals surface area contributed by atoms with Crippen LogP contribution < -0.4 is 0 Å². The van der Waals surface area contributed by atoms with Gasteiger partial charge >= 0.3 is 0 Å². The molecular weight excluding hydrogens is 242 g/mol. The lowest BCUT2D eigenvalue weighted by molar-refractivity contribution is -0.118. The van der Waals surface area contributed by atoms with Crippen molar-refractivity contribution in [2.24, 2.45) is 5.41 Å². The van der Waals surface area contributed by atoms with E-state index in [4.69, 9.17) is 9.47 Å². The minimum absolute atomic E-state index is 0.224. The Morgan fingerprint density at radius 3 is 1.74 bits per heavy atom. The van der Waals surface area contributed by atoms with E-state index >= 15 is 0 Å². The van der Waals surface area contributed by atoms with Gasteiger partial charge in [-0.15, -0.1) is 0 Å². The Kier molecular flexibility index (Phi) is 11.1. The van der Waals surface area contributed by atoms with Gasteiger partial charge in [0.15, 0.2) is 0 Å². The van der Waals surface area contributed by atoms with E-state index in [1.165, 1.54) is 0 Å². The van der Waals surface area contributed by atoms with E-state index in [0.717, 1.165) is 52.0 Å². The van der Waals surface area contributed by atoms with Gasteiger partial charge in [0, 0.05) is 38.3 Å². The summed E-state index contributed by atoms with van der Waals surface area (Å²) in [6, 6.07) is 0. The Hall–Kier alpha value is -0.450. The third-order valence-corrected chi connectivity index (χ3v) is 3.71. The maximum atomic E-state index is 11.4. The minimum atomic E-state index is -0.224. The van der Waals surface area contributed by atoms with Crippen molar-refractivity contribution in [3.8, 4) is 0 Å². The van der Waals surface area contributed by atoms with Gasteiger partial charge in [0.1, 0.15) is 6.29 Å². The molecule has 4 heteroatoms. The summed E-state index contributed by atoms with van der Waals surface area (Å²) in [5, 5.41) is 0. The Labute approximate surface area is 118 Å². The molecular formula is C15H31NO3. The minimum Gasteiger partial charge on any atom is -0.380 e. The molecule has 0 atom stereocenters. The highest BCUT2D eigenvalue weighted by molar-refractivity contribution is 5.59. The first kappa shape index (κ1) is 18.6. The molecule has 0 unspecified atom stereocenters. The fraction of sp³-hybridized carbons (Fsp3) is 0.933. The fourth-order valence-electron chi connectivity index (χ4n) is 2.07. The predicted octanol–water partition coefficient (Wildman–Crippen LogP) is 2.37. The molecule has 0 saturated carbocycles. The zero-order chi connectivity index (χ0) is 14.6. The van der Waals surface area contributed by atoms with Gasteiger partial charge in [-0.2, -0.15) is 0 Å². The van der Waals surface area contributed by atoms with E-state index in [1.807, 2.05) is 13.8 Å². The van der Waals surface area contributed by atoms with E-state index in [-0.39, 0.29) is 5.41 Å². The lowest BCUT2D eigenvalue weighted by Gasteiger charge is -2.32. The van der Waals surface area contributed by atoms with Crippen LogP contribution in [0.2, 0.25) is 0 Å². The average Bonchev–Trinajstić information content (AvgIpc) is 2.45. The number of carbonyl (C=O) groups is 1. The van der Waals surface area contributed by atoms with Gasteiger partial charge in [0.05, 0.1) is 13.2 Å².